The summed E-state index contributed by atoms with van der Waals surface area (Å²) in [6.07, 6.45) is 0. The molecule has 162 valence electrons. The predicted molar refractivity (Wildman–Crippen MR) is 121 cm³/mol. The number of nitrogens with one attached hydrogen (secondary N) is 1. The Hall–Kier alpha value is -1.99. The van der Waals surface area contributed by atoms with Gasteiger partial charge in [0.15, 0.2) is 5.96 Å². The zero-order valence-electron chi connectivity index (χ0n) is 18.6. The van der Waals surface area contributed by atoms with Gasteiger partial charge in [-0.2, -0.15) is 0 Å². The molecule has 1 N–H and O–H groups in total. The second-order valence-corrected chi connectivity index (χ2v) is 8.28. The van der Waals surface area contributed by atoms with Crippen LogP contribution in [0.2, 0.25) is 0 Å². The van der Waals surface area contributed by atoms with Crippen molar-refractivity contribution in [3.63, 3.8) is 0 Å². The van der Waals surface area contributed by atoms with Gasteiger partial charge < -0.3 is 29.7 Å². The van der Waals surface area contributed by atoms with E-state index in [1.807, 2.05) is 19.2 Å². The molecule has 0 aromatic heterocycles. The molecule has 0 radical (unpaired) electrons. The number of para-hydroxylation sites is 2. The van der Waals surface area contributed by atoms with E-state index in [2.05, 4.69) is 56.0 Å². The fraction of sp³-hybridized carbons (Fsp3) is 0.682. The van der Waals surface area contributed by atoms with Crippen molar-refractivity contribution in [3.05, 3.63) is 24.3 Å². The SMILES string of the molecule is CN=C(NCC(C)CN1CCN(C)CC1)N1CCN(c2ccccc2OC)CC1. The van der Waals surface area contributed by atoms with Crippen LogP contribution in [0.1, 0.15) is 6.92 Å². The molecule has 3 rings (SSSR count). The van der Waals surface area contributed by atoms with Gasteiger partial charge in [-0.25, -0.2) is 0 Å². The van der Waals surface area contributed by atoms with Crippen LogP contribution in [-0.2, 0) is 0 Å². The highest BCUT2D eigenvalue weighted by Crippen LogP contribution is 2.28. The number of aliphatic imine (C=N–C) groups is 1. The lowest BCUT2D eigenvalue weighted by Gasteiger charge is -2.38. The number of hydrogen-bond donors (Lipinski definition) is 1. The molecule has 2 aliphatic heterocycles. The highest BCUT2D eigenvalue weighted by molar-refractivity contribution is 5.80. The molecule has 1 unspecified atom stereocenters. The van der Waals surface area contributed by atoms with Gasteiger partial charge in [0.05, 0.1) is 12.8 Å². The van der Waals surface area contributed by atoms with E-state index in [-0.39, 0.29) is 0 Å². The van der Waals surface area contributed by atoms with Gasteiger partial charge in [0.2, 0.25) is 0 Å². The number of hydrogen-bond acceptors (Lipinski definition) is 5. The van der Waals surface area contributed by atoms with Crippen molar-refractivity contribution in [1.82, 2.24) is 20.0 Å². The van der Waals surface area contributed by atoms with Gasteiger partial charge in [-0.05, 0) is 25.1 Å². The maximum Gasteiger partial charge on any atom is 0.193 e. The van der Waals surface area contributed by atoms with Crippen molar-refractivity contribution in [2.75, 3.05) is 91.6 Å². The molecule has 0 aliphatic carbocycles. The first-order valence-electron chi connectivity index (χ1n) is 10.8. The standard InChI is InChI=1S/C22H38N6O/c1-19(18-26-11-9-25(3)10-12-26)17-24-22(23-2)28-15-13-27(14-16-28)20-7-5-6-8-21(20)29-4/h5-8,19H,9-18H2,1-4H3,(H,23,24). The van der Waals surface area contributed by atoms with Gasteiger partial charge in [0.1, 0.15) is 5.75 Å². The molecule has 1 atom stereocenters. The summed E-state index contributed by atoms with van der Waals surface area (Å²) in [4.78, 5) is 14.3. The van der Waals surface area contributed by atoms with Crippen LogP contribution < -0.4 is 15.0 Å². The van der Waals surface area contributed by atoms with Crippen molar-refractivity contribution in [1.29, 1.82) is 0 Å². The van der Waals surface area contributed by atoms with Crippen LogP contribution in [0.3, 0.4) is 0 Å². The molecule has 0 spiro atoms. The molecule has 0 saturated carbocycles. The molecule has 1 aromatic rings. The average molecular weight is 403 g/mol. The van der Waals surface area contributed by atoms with Gasteiger partial charge in [-0.3, -0.25) is 4.99 Å². The summed E-state index contributed by atoms with van der Waals surface area (Å²) >= 11 is 0. The number of likely N-dealkylation sites (N-methyl/N-ethyl adjacent to an activating group) is 1. The zero-order valence-corrected chi connectivity index (χ0v) is 18.6. The number of benzene rings is 1. The number of methoxy groups -OCH3 is 1. The third-order valence-corrected chi connectivity index (χ3v) is 5.99. The molecule has 2 fully saturated rings. The number of anilines is 1. The van der Waals surface area contributed by atoms with Crippen LogP contribution in [0.4, 0.5) is 5.69 Å². The number of rotatable bonds is 6. The summed E-state index contributed by atoms with van der Waals surface area (Å²) in [6.45, 7) is 13.0. The molecule has 7 heteroatoms. The first-order chi connectivity index (χ1) is 14.1. The Morgan fingerprint density at radius 3 is 2.41 bits per heavy atom. The number of nitrogens with zero attached hydrogens (tertiary/aromatic N) is 5. The molecular weight excluding hydrogens is 364 g/mol. The normalized spacial score (nSPS) is 20.6. The van der Waals surface area contributed by atoms with Gasteiger partial charge in [0.25, 0.3) is 0 Å². The summed E-state index contributed by atoms with van der Waals surface area (Å²) in [7, 11) is 5.84. The summed E-state index contributed by atoms with van der Waals surface area (Å²) in [5.41, 5.74) is 1.18. The maximum absolute atomic E-state index is 5.53. The van der Waals surface area contributed by atoms with Gasteiger partial charge in [-0.1, -0.05) is 19.1 Å². The van der Waals surface area contributed by atoms with E-state index in [4.69, 9.17) is 4.74 Å². The maximum atomic E-state index is 5.53. The smallest absolute Gasteiger partial charge is 0.193 e. The second-order valence-electron chi connectivity index (χ2n) is 8.28. The van der Waals surface area contributed by atoms with E-state index < -0.39 is 0 Å². The van der Waals surface area contributed by atoms with E-state index in [1.54, 1.807) is 7.11 Å². The first-order valence-corrected chi connectivity index (χ1v) is 10.8. The van der Waals surface area contributed by atoms with Crippen LogP contribution >= 0.6 is 0 Å². The van der Waals surface area contributed by atoms with Crippen molar-refractivity contribution >= 4 is 11.6 Å². The minimum Gasteiger partial charge on any atom is -0.495 e. The van der Waals surface area contributed by atoms with Crippen molar-refractivity contribution < 1.29 is 4.74 Å². The zero-order chi connectivity index (χ0) is 20.6. The Kier molecular flexibility index (Phi) is 8.00. The minimum atomic E-state index is 0.602. The Morgan fingerprint density at radius 1 is 1.07 bits per heavy atom. The molecule has 7 nitrogen and oxygen atoms in total. The topological polar surface area (TPSA) is 46.6 Å². The Morgan fingerprint density at radius 2 is 1.76 bits per heavy atom. The van der Waals surface area contributed by atoms with E-state index in [9.17, 15) is 0 Å². The second kappa shape index (κ2) is 10.7. The molecule has 2 heterocycles. The fourth-order valence-corrected chi connectivity index (χ4v) is 4.18. The van der Waals surface area contributed by atoms with Crippen LogP contribution in [-0.4, -0.2) is 107 Å². The third-order valence-electron chi connectivity index (χ3n) is 5.99. The Balaban J connectivity index is 1.44. The van der Waals surface area contributed by atoms with Crippen LogP contribution in [0.5, 0.6) is 5.75 Å². The van der Waals surface area contributed by atoms with E-state index in [0.29, 0.717) is 5.92 Å². The highest BCUT2D eigenvalue weighted by Gasteiger charge is 2.22. The van der Waals surface area contributed by atoms with Gasteiger partial charge >= 0.3 is 0 Å². The summed E-state index contributed by atoms with van der Waals surface area (Å²) in [5.74, 6) is 2.57. The molecule has 0 amide bonds. The van der Waals surface area contributed by atoms with E-state index in [0.717, 1.165) is 51.0 Å². The lowest BCUT2D eigenvalue weighted by Crippen LogP contribution is -2.53. The Bertz CT molecular complexity index is 650. The van der Waals surface area contributed by atoms with Crippen LogP contribution in [0, 0.1) is 5.92 Å². The molecule has 1 aromatic carbocycles. The molecule has 29 heavy (non-hydrogen) atoms. The average Bonchev–Trinajstić information content (AvgIpc) is 2.76. The van der Waals surface area contributed by atoms with Crippen LogP contribution in [0.25, 0.3) is 0 Å². The quantitative estimate of drug-likeness (QED) is 0.571. The van der Waals surface area contributed by atoms with Crippen LogP contribution in [0.15, 0.2) is 29.3 Å². The third kappa shape index (κ3) is 6.00. The molecule has 2 aliphatic rings. The lowest BCUT2D eigenvalue weighted by molar-refractivity contribution is 0.139. The first kappa shape index (κ1) is 21.7. The number of ether oxygens (including phenoxy) is 1. The fourth-order valence-electron chi connectivity index (χ4n) is 4.18. The minimum absolute atomic E-state index is 0.602. The number of guanidine groups is 1. The monoisotopic (exact) mass is 402 g/mol. The summed E-state index contributed by atoms with van der Waals surface area (Å²) in [5, 5.41) is 3.61. The van der Waals surface area contributed by atoms with E-state index >= 15 is 0 Å². The molecule has 0 bridgehead atoms. The van der Waals surface area contributed by atoms with Crippen molar-refractivity contribution in [2.45, 2.75) is 6.92 Å². The van der Waals surface area contributed by atoms with Gasteiger partial charge in [0, 0.05) is 72.5 Å². The Labute approximate surface area is 176 Å². The molecule has 2 saturated heterocycles. The summed E-state index contributed by atoms with van der Waals surface area (Å²) in [6, 6.07) is 8.27. The van der Waals surface area contributed by atoms with E-state index in [1.165, 1.54) is 31.9 Å². The predicted octanol–water partition coefficient (Wildman–Crippen LogP) is 1.28. The van der Waals surface area contributed by atoms with Crippen molar-refractivity contribution in [3.8, 4) is 5.75 Å². The lowest BCUT2D eigenvalue weighted by atomic mass is 10.1. The number of piperazine rings is 2. The summed E-state index contributed by atoms with van der Waals surface area (Å²) < 4.78 is 5.53. The van der Waals surface area contributed by atoms with Crippen molar-refractivity contribution in [2.24, 2.45) is 10.9 Å². The highest BCUT2D eigenvalue weighted by atomic mass is 16.5. The van der Waals surface area contributed by atoms with Gasteiger partial charge in [-0.15, -0.1) is 0 Å². The molecular formula is C22H38N6O. The largest absolute Gasteiger partial charge is 0.495 e.